The van der Waals surface area contributed by atoms with Gasteiger partial charge in [-0.3, -0.25) is 10.1 Å². The number of nitrogens with zero attached hydrogens (tertiary/aromatic N) is 1. The minimum Gasteiger partial charge on any atom is -0.434 e. The summed E-state index contributed by atoms with van der Waals surface area (Å²) in [6.07, 6.45) is -0.754. The summed E-state index contributed by atoms with van der Waals surface area (Å²) in [7, 11) is 0. The predicted octanol–water partition coefficient (Wildman–Crippen LogP) is 3.42. The number of rotatable bonds is 6. The van der Waals surface area contributed by atoms with Crippen LogP contribution in [0.3, 0.4) is 0 Å². The molecule has 24 heavy (non-hydrogen) atoms. The van der Waals surface area contributed by atoms with Gasteiger partial charge in [-0.15, -0.1) is 0 Å². The molecule has 2 aromatic carbocycles. The van der Waals surface area contributed by atoms with E-state index in [2.05, 4.69) is 0 Å². The lowest BCUT2D eigenvalue weighted by Gasteiger charge is -2.07. The van der Waals surface area contributed by atoms with Gasteiger partial charge in [0, 0.05) is 18.6 Å². The number of carbonyl (C=O) groups is 1. The van der Waals surface area contributed by atoms with Gasteiger partial charge in [-0.1, -0.05) is 18.2 Å². The summed E-state index contributed by atoms with van der Waals surface area (Å²) in [6, 6.07) is 9.33. The van der Waals surface area contributed by atoms with E-state index in [9.17, 15) is 24.4 Å². The average molecular weight is 334 g/mol. The second-order valence-electron chi connectivity index (χ2n) is 4.78. The molecule has 7 nitrogen and oxygen atoms in total. The number of carbonyl (C=O) groups excluding carboxylic acids is 1. The molecule has 0 bridgehead atoms. The highest BCUT2D eigenvalue weighted by Crippen LogP contribution is 2.19. The Kier molecular flexibility index (Phi) is 5.80. The van der Waals surface area contributed by atoms with Gasteiger partial charge in [0.15, 0.2) is 11.6 Å². The molecule has 8 heteroatoms. The van der Waals surface area contributed by atoms with E-state index in [0.29, 0.717) is 6.42 Å². The summed E-state index contributed by atoms with van der Waals surface area (Å²) in [5.41, 5.74) is 0.946. The van der Waals surface area contributed by atoms with Gasteiger partial charge in [-0.05, 0) is 23.3 Å². The molecule has 2 aromatic rings. The van der Waals surface area contributed by atoms with Crippen molar-refractivity contribution in [1.82, 2.24) is 0 Å². The molecule has 0 aliphatic rings. The van der Waals surface area contributed by atoms with Crippen LogP contribution in [0.2, 0.25) is 0 Å². The van der Waals surface area contributed by atoms with Gasteiger partial charge in [-0.25, -0.2) is 14.3 Å². The van der Waals surface area contributed by atoms with Gasteiger partial charge >= 0.3 is 6.16 Å². The summed E-state index contributed by atoms with van der Waals surface area (Å²) in [5, 5.41) is 21.1. The molecule has 0 heterocycles. The Morgan fingerprint density at radius 2 is 1.79 bits per heavy atom. The maximum atomic E-state index is 13.6. The van der Waals surface area contributed by atoms with E-state index >= 15 is 0 Å². The van der Waals surface area contributed by atoms with Crippen molar-refractivity contribution in [1.29, 1.82) is 0 Å². The molecule has 0 atom stereocenters. The van der Waals surface area contributed by atoms with Gasteiger partial charge in [0.2, 0.25) is 0 Å². The fraction of sp³-hybridized carbons (Fsp3) is 0.188. The van der Waals surface area contributed by atoms with Crippen LogP contribution in [0.5, 0.6) is 5.75 Å². The zero-order valence-electron chi connectivity index (χ0n) is 12.4. The Bertz CT molecular complexity index is 732. The number of halogens is 1. The number of benzene rings is 2. The second kappa shape index (κ2) is 8.02. The van der Waals surface area contributed by atoms with Crippen LogP contribution >= 0.6 is 0 Å². The van der Waals surface area contributed by atoms with Crippen LogP contribution in [-0.2, 0) is 22.9 Å². The highest BCUT2D eigenvalue weighted by Gasteiger charge is 2.11. The van der Waals surface area contributed by atoms with Crippen LogP contribution < -0.4 is 4.74 Å². The van der Waals surface area contributed by atoms with Gasteiger partial charge in [0.1, 0.15) is 6.61 Å². The minimum absolute atomic E-state index is 0.0308. The lowest BCUT2D eigenvalue weighted by atomic mass is 10.1. The largest absolute Gasteiger partial charge is 0.513 e. The summed E-state index contributed by atoms with van der Waals surface area (Å²) in [4.78, 5) is 21.5. The third kappa shape index (κ3) is 4.75. The van der Waals surface area contributed by atoms with Gasteiger partial charge in [-0.2, -0.15) is 0 Å². The van der Waals surface area contributed by atoms with Crippen molar-refractivity contribution in [2.24, 2.45) is 0 Å². The molecule has 0 aromatic heterocycles. The first kappa shape index (κ1) is 17.4. The summed E-state index contributed by atoms with van der Waals surface area (Å²) < 4.78 is 23.1. The summed E-state index contributed by atoms with van der Waals surface area (Å²) in [5.74, 6) is -1.15. The fourth-order valence-corrected chi connectivity index (χ4v) is 1.87. The lowest BCUT2D eigenvalue weighted by Crippen LogP contribution is -2.13. The molecule has 2 rings (SSSR count). The third-order valence-electron chi connectivity index (χ3n) is 3.11. The van der Waals surface area contributed by atoms with Crippen molar-refractivity contribution in [3.63, 3.8) is 0 Å². The normalized spacial score (nSPS) is 10.2. The smallest absolute Gasteiger partial charge is 0.434 e. The molecule has 0 aliphatic heterocycles. The zero-order valence-corrected chi connectivity index (χ0v) is 12.4. The standard InChI is InChI=1S/C16H13FNO6/c17-14-9-12(10-19)3-6-15(14)24-16(20)23-8-7-11-1-4-13(5-2-11)18(21)22/h1-6,9H,7-8,10H2. The van der Waals surface area contributed by atoms with Crippen LogP contribution in [-0.4, -0.2) is 17.7 Å². The van der Waals surface area contributed by atoms with Crippen molar-refractivity contribution in [2.75, 3.05) is 6.61 Å². The lowest BCUT2D eigenvalue weighted by molar-refractivity contribution is -0.384. The van der Waals surface area contributed by atoms with Crippen molar-refractivity contribution >= 4 is 11.8 Å². The van der Waals surface area contributed by atoms with Crippen LogP contribution in [0.1, 0.15) is 11.1 Å². The quantitative estimate of drug-likeness (QED) is 0.349. The monoisotopic (exact) mass is 334 g/mol. The van der Waals surface area contributed by atoms with E-state index < -0.39 is 23.5 Å². The van der Waals surface area contributed by atoms with Crippen molar-refractivity contribution < 1.29 is 28.7 Å². The zero-order chi connectivity index (χ0) is 17.5. The van der Waals surface area contributed by atoms with Gasteiger partial charge in [0.05, 0.1) is 11.5 Å². The summed E-state index contributed by atoms with van der Waals surface area (Å²) >= 11 is 0. The first-order valence-electron chi connectivity index (χ1n) is 6.94. The number of ether oxygens (including phenoxy) is 2. The van der Waals surface area contributed by atoms with Gasteiger partial charge < -0.3 is 9.47 Å². The second-order valence-corrected chi connectivity index (χ2v) is 4.78. The molecule has 0 fully saturated rings. The molecule has 0 aliphatic carbocycles. The number of nitro groups is 1. The molecular formula is C16H13FNO6. The van der Waals surface area contributed by atoms with E-state index in [1.165, 1.54) is 24.3 Å². The number of hydrogen-bond donors (Lipinski definition) is 0. The van der Waals surface area contributed by atoms with E-state index in [-0.39, 0.29) is 23.6 Å². The molecule has 125 valence electrons. The van der Waals surface area contributed by atoms with E-state index in [1.807, 2.05) is 0 Å². The van der Waals surface area contributed by atoms with Crippen LogP contribution in [0, 0.1) is 15.9 Å². The van der Waals surface area contributed by atoms with Crippen molar-refractivity contribution in [3.8, 4) is 5.75 Å². The topological polar surface area (TPSA) is 98.6 Å². The Morgan fingerprint density at radius 3 is 2.38 bits per heavy atom. The van der Waals surface area contributed by atoms with E-state index in [1.54, 1.807) is 12.1 Å². The van der Waals surface area contributed by atoms with Crippen LogP contribution in [0.4, 0.5) is 14.9 Å². The Balaban J connectivity index is 1.82. The molecule has 0 spiro atoms. The fourth-order valence-electron chi connectivity index (χ4n) is 1.87. The number of non-ortho nitro benzene ring substituents is 1. The van der Waals surface area contributed by atoms with Gasteiger partial charge in [0.25, 0.3) is 5.69 Å². The summed E-state index contributed by atoms with van der Waals surface area (Å²) in [6.45, 7) is -0.603. The van der Waals surface area contributed by atoms with Crippen LogP contribution in [0.15, 0.2) is 42.5 Å². The van der Waals surface area contributed by atoms with E-state index in [0.717, 1.165) is 11.6 Å². The molecular weight excluding hydrogens is 321 g/mol. The molecule has 0 saturated heterocycles. The van der Waals surface area contributed by atoms with E-state index in [4.69, 9.17) is 9.47 Å². The minimum atomic E-state index is -1.08. The Hall–Kier alpha value is -3.00. The first-order chi connectivity index (χ1) is 11.5. The molecule has 0 saturated carbocycles. The maximum absolute atomic E-state index is 13.6. The SMILES string of the molecule is [O]Cc1ccc(OC(=O)OCCc2ccc([N+](=O)[O-])cc2)c(F)c1. The first-order valence-corrected chi connectivity index (χ1v) is 6.94. The molecule has 0 unspecified atom stereocenters. The Morgan fingerprint density at radius 1 is 1.12 bits per heavy atom. The van der Waals surface area contributed by atoms with Crippen LogP contribution in [0.25, 0.3) is 0 Å². The van der Waals surface area contributed by atoms with Crippen molar-refractivity contribution in [2.45, 2.75) is 13.0 Å². The number of nitro benzene ring substituents is 1. The number of hydrogen-bond acceptors (Lipinski definition) is 5. The third-order valence-corrected chi connectivity index (χ3v) is 3.11. The average Bonchev–Trinajstić information content (AvgIpc) is 2.57. The molecule has 0 amide bonds. The predicted molar refractivity (Wildman–Crippen MR) is 79.6 cm³/mol. The van der Waals surface area contributed by atoms with Crippen molar-refractivity contribution in [3.05, 3.63) is 69.5 Å². The highest BCUT2D eigenvalue weighted by molar-refractivity contribution is 5.63. The Labute approximate surface area is 136 Å². The molecule has 1 radical (unpaired) electrons. The highest BCUT2D eigenvalue weighted by atomic mass is 19.1. The molecule has 0 N–H and O–H groups in total. The maximum Gasteiger partial charge on any atom is 0.513 e.